The van der Waals surface area contributed by atoms with Gasteiger partial charge in [0.25, 0.3) is 5.88 Å². The monoisotopic (exact) mass is 345 g/mol. The number of rotatable bonds is 6. The SMILES string of the molecule is COc1ncc(NC(=O)N[C@@H](COC(C)=O)c2ccccc2)cc1O. The summed E-state index contributed by atoms with van der Waals surface area (Å²) in [5.74, 6) is -0.574. The van der Waals surface area contributed by atoms with E-state index in [1.54, 1.807) is 0 Å². The Labute approximate surface area is 144 Å². The van der Waals surface area contributed by atoms with Crippen LogP contribution in [0.3, 0.4) is 0 Å². The molecular formula is C17H19N3O5. The Kier molecular flexibility index (Phi) is 6.16. The molecule has 2 amide bonds. The summed E-state index contributed by atoms with van der Waals surface area (Å²) in [5, 5.41) is 15.0. The third-order valence-corrected chi connectivity index (χ3v) is 3.24. The summed E-state index contributed by atoms with van der Waals surface area (Å²) in [5.41, 5.74) is 1.07. The van der Waals surface area contributed by atoms with Gasteiger partial charge in [-0.05, 0) is 5.56 Å². The van der Waals surface area contributed by atoms with Crippen LogP contribution in [0.15, 0.2) is 42.6 Å². The number of urea groups is 1. The molecule has 0 aliphatic heterocycles. The molecule has 0 bridgehead atoms. The molecular weight excluding hydrogens is 326 g/mol. The van der Waals surface area contributed by atoms with Gasteiger partial charge in [-0.1, -0.05) is 30.3 Å². The van der Waals surface area contributed by atoms with Gasteiger partial charge in [-0.2, -0.15) is 0 Å². The number of methoxy groups -OCH3 is 1. The lowest BCUT2D eigenvalue weighted by Crippen LogP contribution is -2.35. The van der Waals surface area contributed by atoms with E-state index in [-0.39, 0.29) is 23.9 Å². The molecule has 0 unspecified atom stereocenters. The van der Waals surface area contributed by atoms with Crippen LogP contribution in [-0.2, 0) is 9.53 Å². The molecule has 1 atom stereocenters. The molecule has 25 heavy (non-hydrogen) atoms. The minimum absolute atomic E-state index is 0.00111. The lowest BCUT2D eigenvalue weighted by Gasteiger charge is -2.19. The Hall–Kier alpha value is -3.29. The molecule has 0 aliphatic rings. The zero-order chi connectivity index (χ0) is 18.2. The van der Waals surface area contributed by atoms with E-state index in [1.807, 2.05) is 30.3 Å². The van der Waals surface area contributed by atoms with Gasteiger partial charge in [0.1, 0.15) is 6.61 Å². The zero-order valence-electron chi connectivity index (χ0n) is 13.9. The van der Waals surface area contributed by atoms with Gasteiger partial charge in [0.05, 0.1) is 25.0 Å². The van der Waals surface area contributed by atoms with E-state index < -0.39 is 18.0 Å². The van der Waals surface area contributed by atoms with Crippen LogP contribution in [-0.4, -0.2) is 35.8 Å². The van der Waals surface area contributed by atoms with Gasteiger partial charge in [0.2, 0.25) is 0 Å². The second-order valence-corrected chi connectivity index (χ2v) is 5.12. The average molecular weight is 345 g/mol. The largest absolute Gasteiger partial charge is 0.503 e. The van der Waals surface area contributed by atoms with Crippen molar-refractivity contribution in [2.75, 3.05) is 19.0 Å². The van der Waals surface area contributed by atoms with E-state index >= 15 is 0 Å². The van der Waals surface area contributed by atoms with Crippen molar-refractivity contribution in [1.29, 1.82) is 0 Å². The van der Waals surface area contributed by atoms with Gasteiger partial charge in [0, 0.05) is 13.0 Å². The number of esters is 1. The number of benzene rings is 1. The van der Waals surface area contributed by atoms with Crippen molar-refractivity contribution in [2.24, 2.45) is 0 Å². The Balaban J connectivity index is 2.05. The Morgan fingerprint density at radius 1 is 1.28 bits per heavy atom. The predicted octanol–water partition coefficient (Wildman–Crippen LogP) is 2.22. The number of carbonyl (C=O) groups excluding carboxylic acids is 2. The highest BCUT2D eigenvalue weighted by Gasteiger charge is 2.16. The van der Waals surface area contributed by atoms with Crippen molar-refractivity contribution in [2.45, 2.75) is 13.0 Å². The summed E-state index contributed by atoms with van der Waals surface area (Å²) in [6.45, 7) is 1.30. The fraction of sp³-hybridized carbons (Fsp3) is 0.235. The number of pyridine rings is 1. The van der Waals surface area contributed by atoms with Gasteiger partial charge >= 0.3 is 12.0 Å². The molecule has 8 heteroatoms. The van der Waals surface area contributed by atoms with Crippen molar-refractivity contribution in [3.05, 3.63) is 48.2 Å². The standard InChI is InChI=1S/C17H19N3O5/c1-11(21)25-10-14(12-6-4-3-5-7-12)20-17(23)19-13-8-15(22)16(24-2)18-9-13/h3-9,14,22H,10H2,1-2H3,(H2,19,20,23)/t14-/m0/s1. The van der Waals surface area contributed by atoms with Crippen LogP contribution in [0.1, 0.15) is 18.5 Å². The van der Waals surface area contributed by atoms with Crippen LogP contribution >= 0.6 is 0 Å². The normalized spacial score (nSPS) is 11.3. The van der Waals surface area contributed by atoms with Crippen LogP contribution in [0.5, 0.6) is 11.6 Å². The number of hydrogen-bond acceptors (Lipinski definition) is 6. The summed E-state index contributed by atoms with van der Waals surface area (Å²) < 4.78 is 9.85. The number of aromatic nitrogens is 1. The highest BCUT2D eigenvalue weighted by molar-refractivity contribution is 5.89. The summed E-state index contributed by atoms with van der Waals surface area (Å²) in [7, 11) is 1.38. The first kappa shape index (κ1) is 18.1. The van der Waals surface area contributed by atoms with Crippen molar-refractivity contribution in [3.8, 4) is 11.6 Å². The van der Waals surface area contributed by atoms with E-state index in [4.69, 9.17) is 9.47 Å². The molecule has 0 aliphatic carbocycles. The fourth-order valence-corrected chi connectivity index (χ4v) is 2.10. The molecule has 1 aromatic carbocycles. The van der Waals surface area contributed by atoms with E-state index in [0.717, 1.165) is 5.56 Å². The number of nitrogens with one attached hydrogen (secondary N) is 2. The second kappa shape index (κ2) is 8.53. The minimum atomic E-state index is -0.535. The summed E-state index contributed by atoms with van der Waals surface area (Å²) >= 11 is 0. The summed E-state index contributed by atoms with van der Waals surface area (Å²) in [6, 6.07) is 9.37. The quantitative estimate of drug-likeness (QED) is 0.693. The third-order valence-electron chi connectivity index (χ3n) is 3.24. The van der Waals surface area contributed by atoms with Crippen LogP contribution < -0.4 is 15.4 Å². The van der Waals surface area contributed by atoms with Gasteiger partial charge in [-0.25, -0.2) is 9.78 Å². The Morgan fingerprint density at radius 2 is 2.00 bits per heavy atom. The van der Waals surface area contributed by atoms with Gasteiger partial charge in [-0.3, -0.25) is 4.79 Å². The average Bonchev–Trinajstić information content (AvgIpc) is 2.59. The lowest BCUT2D eigenvalue weighted by molar-refractivity contribution is -0.141. The molecule has 132 valence electrons. The van der Waals surface area contributed by atoms with Crippen molar-refractivity contribution in [3.63, 3.8) is 0 Å². The first-order valence-electron chi connectivity index (χ1n) is 7.48. The van der Waals surface area contributed by atoms with Crippen LogP contribution in [0, 0.1) is 0 Å². The predicted molar refractivity (Wildman–Crippen MR) is 90.4 cm³/mol. The number of amides is 2. The molecule has 8 nitrogen and oxygen atoms in total. The Morgan fingerprint density at radius 3 is 2.60 bits per heavy atom. The number of anilines is 1. The lowest BCUT2D eigenvalue weighted by atomic mass is 10.1. The van der Waals surface area contributed by atoms with Gasteiger partial charge in [0.15, 0.2) is 5.75 Å². The molecule has 0 fully saturated rings. The van der Waals surface area contributed by atoms with E-state index in [0.29, 0.717) is 0 Å². The molecule has 0 saturated heterocycles. The smallest absolute Gasteiger partial charge is 0.319 e. The highest BCUT2D eigenvalue weighted by atomic mass is 16.5. The van der Waals surface area contributed by atoms with Crippen LogP contribution in [0.2, 0.25) is 0 Å². The highest BCUT2D eigenvalue weighted by Crippen LogP contribution is 2.25. The molecule has 3 N–H and O–H groups in total. The fourth-order valence-electron chi connectivity index (χ4n) is 2.10. The van der Waals surface area contributed by atoms with E-state index in [1.165, 1.54) is 26.3 Å². The van der Waals surface area contributed by atoms with Crippen molar-refractivity contribution >= 4 is 17.7 Å². The summed E-state index contributed by atoms with van der Waals surface area (Å²) in [6.07, 6.45) is 1.35. The molecule has 1 aromatic heterocycles. The second-order valence-electron chi connectivity index (χ2n) is 5.12. The molecule has 1 heterocycles. The molecule has 2 rings (SSSR count). The van der Waals surface area contributed by atoms with E-state index in [2.05, 4.69) is 15.6 Å². The van der Waals surface area contributed by atoms with E-state index in [9.17, 15) is 14.7 Å². The molecule has 0 spiro atoms. The first-order chi connectivity index (χ1) is 12.0. The van der Waals surface area contributed by atoms with Crippen molar-refractivity contribution in [1.82, 2.24) is 10.3 Å². The maximum atomic E-state index is 12.2. The number of aromatic hydroxyl groups is 1. The maximum absolute atomic E-state index is 12.2. The topological polar surface area (TPSA) is 110 Å². The molecule has 0 saturated carbocycles. The molecule has 0 radical (unpaired) electrons. The summed E-state index contributed by atoms with van der Waals surface area (Å²) in [4.78, 5) is 27.1. The zero-order valence-corrected chi connectivity index (χ0v) is 13.9. The van der Waals surface area contributed by atoms with Crippen LogP contribution in [0.25, 0.3) is 0 Å². The maximum Gasteiger partial charge on any atom is 0.319 e. The van der Waals surface area contributed by atoms with Crippen molar-refractivity contribution < 1.29 is 24.2 Å². The number of nitrogens with zero attached hydrogens (tertiary/aromatic N) is 1. The van der Waals surface area contributed by atoms with Gasteiger partial charge < -0.3 is 25.2 Å². The first-order valence-corrected chi connectivity index (χ1v) is 7.48. The van der Waals surface area contributed by atoms with Crippen LogP contribution in [0.4, 0.5) is 10.5 Å². The molecule has 2 aromatic rings. The number of carbonyl (C=O) groups is 2. The Bertz CT molecular complexity index is 736. The van der Waals surface area contributed by atoms with Gasteiger partial charge in [-0.15, -0.1) is 0 Å². The third kappa shape index (κ3) is 5.38. The number of ether oxygens (including phenoxy) is 2. The number of hydrogen-bond donors (Lipinski definition) is 3. The minimum Gasteiger partial charge on any atom is -0.503 e.